The number of carbonyl (C=O) groups is 3. The maximum absolute atomic E-state index is 12.8. The van der Waals surface area contributed by atoms with Gasteiger partial charge >= 0.3 is 0 Å². The molecule has 7 nitrogen and oxygen atoms in total. The largest absolute Gasteiger partial charge is 0.385 e. The zero-order chi connectivity index (χ0) is 20.5. The minimum atomic E-state index is -0.376. The minimum Gasteiger partial charge on any atom is -0.385 e. The Labute approximate surface area is 167 Å². The number of aryl methyl sites for hydroxylation is 1. The number of hydrogen-bond donors (Lipinski definition) is 2. The molecule has 29 heavy (non-hydrogen) atoms. The van der Waals surface area contributed by atoms with Gasteiger partial charge in [-0.2, -0.15) is 0 Å². The summed E-state index contributed by atoms with van der Waals surface area (Å²) in [7, 11) is 1.57. The number of methoxy groups -OCH3 is 1. The SMILES string of the molecule is COCCCN1C(=O)c2ccc(C(=O)Nc3cccc4[nH]c(C)cc34)cc2C1=O. The first-order chi connectivity index (χ1) is 14.0. The van der Waals surface area contributed by atoms with Crippen molar-refractivity contribution < 1.29 is 19.1 Å². The van der Waals surface area contributed by atoms with Gasteiger partial charge in [-0.05, 0) is 49.7 Å². The van der Waals surface area contributed by atoms with Gasteiger partial charge in [-0.25, -0.2) is 0 Å². The first-order valence-electron chi connectivity index (χ1n) is 9.38. The fourth-order valence-electron chi connectivity index (χ4n) is 3.60. The van der Waals surface area contributed by atoms with E-state index >= 15 is 0 Å². The summed E-state index contributed by atoms with van der Waals surface area (Å²) in [5.74, 6) is -1.04. The van der Waals surface area contributed by atoms with Crippen LogP contribution in [0.2, 0.25) is 0 Å². The molecule has 0 fully saturated rings. The highest BCUT2D eigenvalue weighted by Crippen LogP contribution is 2.27. The number of aromatic amines is 1. The van der Waals surface area contributed by atoms with Crippen LogP contribution in [0, 0.1) is 6.92 Å². The molecule has 1 aliphatic heterocycles. The molecule has 7 heteroatoms. The molecule has 4 rings (SSSR count). The fourth-order valence-corrected chi connectivity index (χ4v) is 3.60. The Morgan fingerprint density at radius 1 is 1.10 bits per heavy atom. The zero-order valence-corrected chi connectivity index (χ0v) is 16.2. The summed E-state index contributed by atoms with van der Waals surface area (Å²) in [6, 6.07) is 12.2. The van der Waals surface area contributed by atoms with E-state index in [2.05, 4.69) is 10.3 Å². The fraction of sp³-hybridized carbons (Fsp3) is 0.227. The molecule has 1 aliphatic rings. The van der Waals surface area contributed by atoms with Gasteiger partial charge in [0.2, 0.25) is 0 Å². The number of fused-ring (bicyclic) bond motifs is 2. The lowest BCUT2D eigenvalue weighted by Crippen LogP contribution is -2.31. The molecule has 0 spiro atoms. The number of anilines is 1. The van der Waals surface area contributed by atoms with Gasteiger partial charge in [0.1, 0.15) is 0 Å². The van der Waals surface area contributed by atoms with Crippen LogP contribution in [-0.2, 0) is 4.74 Å². The van der Waals surface area contributed by atoms with Crippen LogP contribution in [0.5, 0.6) is 0 Å². The number of ether oxygens (including phenoxy) is 1. The summed E-state index contributed by atoms with van der Waals surface area (Å²) < 4.78 is 4.98. The van der Waals surface area contributed by atoms with Crippen molar-refractivity contribution >= 4 is 34.3 Å². The topological polar surface area (TPSA) is 91.5 Å². The summed E-state index contributed by atoms with van der Waals surface area (Å²) in [4.78, 5) is 42.4. The maximum Gasteiger partial charge on any atom is 0.261 e. The molecular weight excluding hydrogens is 370 g/mol. The Kier molecular flexibility index (Phi) is 4.90. The predicted octanol–water partition coefficient (Wildman–Crippen LogP) is 3.36. The van der Waals surface area contributed by atoms with Crippen LogP contribution in [0.15, 0.2) is 42.5 Å². The average molecular weight is 391 g/mol. The van der Waals surface area contributed by atoms with Crippen LogP contribution in [0.25, 0.3) is 10.9 Å². The number of amides is 3. The van der Waals surface area contributed by atoms with Crippen molar-refractivity contribution in [2.24, 2.45) is 0 Å². The summed E-state index contributed by atoms with van der Waals surface area (Å²) in [5, 5.41) is 3.81. The van der Waals surface area contributed by atoms with E-state index in [4.69, 9.17) is 4.74 Å². The van der Waals surface area contributed by atoms with E-state index in [0.717, 1.165) is 16.6 Å². The third-order valence-corrected chi connectivity index (χ3v) is 5.01. The van der Waals surface area contributed by atoms with Crippen molar-refractivity contribution in [2.45, 2.75) is 13.3 Å². The highest BCUT2D eigenvalue weighted by Gasteiger charge is 2.35. The molecule has 3 aromatic rings. The number of aromatic nitrogens is 1. The summed E-state index contributed by atoms with van der Waals surface area (Å²) >= 11 is 0. The van der Waals surface area contributed by atoms with Crippen molar-refractivity contribution in [3.8, 4) is 0 Å². The van der Waals surface area contributed by atoms with Gasteiger partial charge in [0.05, 0.1) is 16.8 Å². The quantitative estimate of drug-likeness (QED) is 0.498. The van der Waals surface area contributed by atoms with Gasteiger partial charge in [0, 0.05) is 42.4 Å². The molecule has 2 aromatic carbocycles. The summed E-state index contributed by atoms with van der Waals surface area (Å²) in [6.45, 7) is 2.70. The van der Waals surface area contributed by atoms with Crippen LogP contribution in [0.4, 0.5) is 5.69 Å². The number of H-pyrrole nitrogens is 1. The van der Waals surface area contributed by atoms with Crippen LogP contribution in [0.1, 0.15) is 43.2 Å². The molecular formula is C22H21N3O4. The Morgan fingerprint density at radius 2 is 1.90 bits per heavy atom. The molecule has 0 radical (unpaired) electrons. The summed E-state index contributed by atoms with van der Waals surface area (Å²) in [5.41, 5.74) is 3.52. The lowest BCUT2D eigenvalue weighted by atomic mass is 10.1. The minimum absolute atomic E-state index is 0.260. The van der Waals surface area contributed by atoms with E-state index in [1.165, 1.54) is 11.0 Å². The molecule has 0 bridgehead atoms. The number of rotatable bonds is 6. The van der Waals surface area contributed by atoms with Crippen molar-refractivity contribution in [1.29, 1.82) is 0 Å². The van der Waals surface area contributed by atoms with Gasteiger partial charge in [0.15, 0.2) is 0 Å². The second kappa shape index (κ2) is 7.52. The number of benzene rings is 2. The van der Waals surface area contributed by atoms with Gasteiger partial charge in [0.25, 0.3) is 17.7 Å². The highest BCUT2D eigenvalue weighted by atomic mass is 16.5. The molecule has 3 amide bonds. The molecule has 0 atom stereocenters. The molecule has 0 aliphatic carbocycles. The number of imide groups is 1. The Balaban J connectivity index is 1.57. The zero-order valence-electron chi connectivity index (χ0n) is 16.2. The van der Waals surface area contributed by atoms with E-state index in [1.54, 1.807) is 19.2 Å². The maximum atomic E-state index is 12.8. The predicted molar refractivity (Wildman–Crippen MR) is 109 cm³/mol. The van der Waals surface area contributed by atoms with E-state index in [0.29, 0.717) is 29.8 Å². The lowest BCUT2D eigenvalue weighted by Gasteiger charge is -2.12. The third-order valence-electron chi connectivity index (χ3n) is 5.01. The molecule has 2 heterocycles. The molecule has 148 valence electrons. The van der Waals surface area contributed by atoms with Crippen LogP contribution < -0.4 is 5.32 Å². The monoisotopic (exact) mass is 391 g/mol. The Morgan fingerprint density at radius 3 is 2.69 bits per heavy atom. The van der Waals surface area contributed by atoms with Crippen LogP contribution >= 0.6 is 0 Å². The van der Waals surface area contributed by atoms with E-state index in [1.807, 2.05) is 31.2 Å². The first-order valence-corrected chi connectivity index (χ1v) is 9.38. The van der Waals surface area contributed by atoms with Crippen LogP contribution in [-0.4, -0.2) is 47.9 Å². The standard InChI is InChI=1S/C22H21N3O4/c1-13-11-17-18(23-13)5-3-6-19(17)24-20(26)14-7-8-15-16(12-14)22(28)25(21(15)27)9-4-10-29-2/h3,5-8,11-12,23H,4,9-10H2,1-2H3,(H,24,26). The number of hydrogen-bond acceptors (Lipinski definition) is 4. The number of carbonyl (C=O) groups excluding carboxylic acids is 3. The second-order valence-corrected chi connectivity index (χ2v) is 7.04. The highest BCUT2D eigenvalue weighted by molar-refractivity contribution is 6.22. The molecule has 0 saturated carbocycles. The van der Waals surface area contributed by atoms with E-state index < -0.39 is 0 Å². The van der Waals surface area contributed by atoms with Crippen molar-refractivity contribution in [2.75, 3.05) is 25.6 Å². The Hall–Kier alpha value is -3.45. The van der Waals surface area contributed by atoms with Gasteiger partial charge in [-0.3, -0.25) is 19.3 Å². The van der Waals surface area contributed by atoms with Crippen molar-refractivity contribution in [3.05, 3.63) is 64.8 Å². The first kappa shape index (κ1) is 18.9. The van der Waals surface area contributed by atoms with Crippen molar-refractivity contribution in [1.82, 2.24) is 9.88 Å². The number of nitrogens with zero attached hydrogens (tertiary/aromatic N) is 1. The van der Waals surface area contributed by atoms with Gasteiger partial charge in [-0.15, -0.1) is 0 Å². The van der Waals surface area contributed by atoms with Gasteiger partial charge < -0.3 is 15.0 Å². The molecule has 1 aromatic heterocycles. The lowest BCUT2D eigenvalue weighted by molar-refractivity contribution is 0.0638. The molecule has 2 N–H and O–H groups in total. The third kappa shape index (κ3) is 3.40. The second-order valence-electron chi connectivity index (χ2n) is 7.04. The number of nitrogens with one attached hydrogen (secondary N) is 2. The molecule has 0 saturated heterocycles. The van der Waals surface area contributed by atoms with Gasteiger partial charge in [-0.1, -0.05) is 6.07 Å². The van der Waals surface area contributed by atoms with Crippen LogP contribution in [0.3, 0.4) is 0 Å². The van der Waals surface area contributed by atoms with E-state index in [9.17, 15) is 14.4 Å². The Bertz CT molecular complexity index is 1130. The van der Waals surface area contributed by atoms with Crippen molar-refractivity contribution in [3.63, 3.8) is 0 Å². The normalized spacial score (nSPS) is 13.2. The average Bonchev–Trinajstić information content (AvgIpc) is 3.21. The summed E-state index contributed by atoms with van der Waals surface area (Å²) in [6.07, 6.45) is 0.565. The smallest absolute Gasteiger partial charge is 0.261 e. The van der Waals surface area contributed by atoms with E-state index in [-0.39, 0.29) is 29.8 Å². The molecule has 0 unspecified atom stereocenters.